The average Bonchev–Trinajstić information content (AvgIpc) is 2.77. The number of carbonyl (C=O) groups is 1. The van der Waals surface area contributed by atoms with Gasteiger partial charge in [0.25, 0.3) is 5.91 Å². The molecule has 1 saturated heterocycles. The number of aromatic nitrogens is 1. The van der Waals surface area contributed by atoms with Crippen molar-refractivity contribution in [1.29, 1.82) is 0 Å². The number of nitrogens with zero attached hydrogens (tertiary/aromatic N) is 3. The lowest BCUT2D eigenvalue weighted by Gasteiger charge is -2.38. The second-order valence-corrected chi connectivity index (χ2v) is 9.02. The van der Waals surface area contributed by atoms with Gasteiger partial charge in [0.15, 0.2) is 0 Å². The van der Waals surface area contributed by atoms with E-state index >= 15 is 0 Å². The number of aliphatic hydroxyl groups excluding tert-OH is 1. The van der Waals surface area contributed by atoms with Gasteiger partial charge in [0.05, 0.1) is 12.6 Å². The number of ether oxygens (including phenoxy) is 2. The first-order chi connectivity index (χ1) is 14.9. The number of carbonyl (C=O) groups excluding carboxylic acids is 1. The van der Waals surface area contributed by atoms with Crippen molar-refractivity contribution < 1.29 is 19.4 Å². The molecule has 1 amide bonds. The van der Waals surface area contributed by atoms with Crippen LogP contribution in [0.15, 0.2) is 18.3 Å². The Kier molecular flexibility index (Phi) is 8.46. The van der Waals surface area contributed by atoms with Crippen molar-refractivity contribution in [2.24, 2.45) is 11.8 Å². The van der Waals surface area contributed by atoms with Crippen LogP contribution in [0.1, 0.15) is 49.5 Å². The molecule has 1 aromatic rings. The van der Waals surface area contributed by atoms with Crippen LogP contribution >= 0.6 is 0 Å². The van der Waals surface area contributed by atoms with Gasteiger partial charge >= 0.3 is 0 Å². The van der Waals surface area contributed by atoms with Crippen molar-refractivity contribution in [3.05, 3.63) is 29.5 Å². The van der Waals surface area contributed by atoms with Crippen LogP contribution in [0.5, 0.6) is 5.88 Å². The van der Waals surface area contributed by atoms with Gasteiger partial charge in [-0.1, -0.05) is 19.1 Å². The summed E-state index contributed by atoms with van der Waals surface area (Å²) in [4.78, 5) is 21.9. The molecule has 3 atom stereocenters. The smallest absolute Gasteiger partial charge is 0.259 e. The normalized spacial score (nSPS) is 24.1. The predicted octanol–water partition coefficient (Wildman–Crippen LogP) is 2.69. The highest BCUT2D eigenvalue weighted by Gasteiger charge is 2.34. The van der Waals surface area contributed by atoms with Crippen molar-refractivity contribution in [3.8, 4) is 5.88 Å². The van der Waals surface area contributed by atoms with E-state index in [-0.39, 0.29) is 30.6 Å². The van der Waals surface area contributed by atoms with E-state index in [1.54, 1.807) is 11.1 Å². The highest BCUT2D eigenvalue weighted by atomic mass is 16.5. The third-order valence-electron chi connectivity index (χ3n) is 6.30. The zero-order chi connectivity index (χ0) is 22.4. The first-order valence-corrected chi connectivity index (χ1v) is 11.4. The van der Waals surface area contributed by atoms with E-state index in [0.29, 0.717) is 23.9 Å². The molecule has 0 spiro atoms. The fourth-order valence-corrected chi connectivity index (χ4v) is 4.37. The minimum Gasteiger partial charge on any atom is -0.472 e. The average molecular weight is 432 g/mol. The second kappa shape index (κ2) is 11.1. The van der Waals surface area contributed by atoms with Crippen LogP contribution in [0.25, 0.3) is 6.08 Å². The number of hydrogen-bond donors (Lipinski definition) is 1. The quantitative estimate of drug-likeness (QED) is 0.716. The van der Waals surface area contributed by atoms with Gasteiger partial charge in [-0.2, -0.15) is 0 Å². The Labute approximate surface area is 186 Å². The minimum absolute atomic E-state index is 0.0784. The summed E-state index contributed by atoms with van der Waals surface area (Å²) in [5.41, 5.74) is 1.32. The van der Waals surface area contributed by atoms with Crippen LogP contribution in [-0.2, 0) is 4.74 Å². The van der Waals surface area contributed by atoms with Gasteiger partial charge in [-0.05, 0) is 51.3 Å². The Morgan fingerprint density at radius 1 is 1.35 bits per heavy atom. The molecule has 0 bridgehead atoms. The van der Waals surface area contributed by atoms with E-state index in [9.17, 15) is 9.90 Å². The van der Waals surface area contributed by atoms with Crippen molar-refractivity contribution in [2.75, 3.05) is 46.5 Å². The summed E-state index contributed by atoms with van der Waals surface area (Å²) in [6, 6.07) is 1.56. The van der Waals surface area contributed by atoms with Crippen molar-refractivity contribution in [1.82, 2.24) is 14.8 Å². The van der Waals surface area contributed by atoms with Crippen LogP contribution in [0.4, 0.5) is 0 Å². The van der Waals surface area contributed by atoms with E-state index < -0.39 is 0 Å². The van der Waals surface area contributed by atoms with Gasteiger partial charge in [0, 0.05) is 45.0 Å². The molecule has 1 fully saturated rings. The number of rotatable bonds is 7. The lowest BCUT2D eigenvalue weighted by molar-refractivity contribution is 0.0254. The van der Waals surface area contributed by atoms with Crippen molar-refractivity contribution >= 4 is 12.0 Å². The number of pyridine rings is 1. The molecule has 3 rings (SSSR count). The molecule has 3 heterocycles. The molecule has 2 aliphatic heterocycles. The van der Waals surface area contributed by atoms with Crippen LogP contribution in [0.2, 0.25) is 0 Å². The van der Waals surface area contributed by atoms with Crippen LogP contribution < -0.4 is 4.74 Å². The SMILES string of the molecule is C/C=C/c1cnc2c(c1)C(=O)N([C@H](C)CO)C[C@H](C)[C@H](CN(C)CC1CCOCC1)O2. The van der Waals surface area contributed by atoms with E-state index in [2.05, 4.69) is 23.9 Å². The van der Waals surface area contributed by atoms with Crippen LogP contribution in [-0.4, -0.2) is 84.4 Å². The van der Waals surface area contributed by atoms with Crippen LogP contribution in [0, 0.1) is 11.8 Å². The molecule has 0 saturated carbocycles. The zero-order valence-corrected chi connectivity index (χ0v) is 19.3. The molecule has 1 N–H and O–H groups in total. The number of hydrogen-bond acceptors (Lipinski definition) is 6. The molecule has 7 nitrogen and oxygen atoms in total. The van der Waals surface area contributed by atoms with Crippen LogP contribution in [0.3, 0.4) is 0 Å². The van der Waals surface area contributed by atoms with E-state index in [0.717, 1.165) is 44.7 Å². The third kappa shape index (κ3) is 6.05. The number of likely N-dealkylation sites (N-methyl/N-ethyl adjacent to an activating group) is 1. The molecule has 172 valence electrons. The monoisotopic (exact) mass is 431 g/mol. The Bertz CT molecular complexity index is 763. The maximum absolute atomic E-state index is 13.3. The fraction of sp³-hybridized carbons (Fsp3) is 0.667. The molecular weight excluding hydrogens is 394 g/mol. The lowest BCUT2D eigenvalue weighted by Crippen LogP contribution is -2.50. The summed E-state index contributed by atoms with van der Waals surface area (Å²) >= 11 is 0. The highest BCUT2D eigenvalue weighted by molar-refractivity contribution is 5.97. The maximum atomic E-state index is 13.3. The topological polar surface area (TPSA) is 75.1 Å². The van der Waals surface area contributed by atoms with Crippen molar-refractivity contribution in [2.45, 2.75) is 45.8 Å². The van der Waals surface area contributed by atoms with E-state index in [1.807, 2.05) is 32.1 Å². The zero-order valence-electron chi connectivity index (χ0n) is 19.3. The first kappa shape index (κ1) is 23.7. The molecule has 31 heavy (non-hydrogen) atoms. The minimum atomic E-state index is -0.271. The maximum Gasteiger partial charge on any atom is 0.259 e. The molecule has 0 radical (unpaired) electrons. The van der Waals surface area contributed by atoms with E-state index in [4.69, 9.17) is 9.47 Å². The second-order valence-electron chi connectivity index (χ2n) is 9.02. The largest absolute Gasteiger partial charge is 0.472 e. The van der Waals surface area contributed by atoms with E-state index in [1.165, 1.54) is 0 Å². The molecule has 7 heteroatoms. The Hall–Kier alpha value is -1.96. The third-order valence-corrected chi connectivity index (χ3v) is 6.30. The summed E-state index contributed by atoms with van der Waals surface area (Å²) in [6.07, 6.45) is 7.66. The van der Waals surface area contributed by atoms with Gasteiger partial charge < -0.3 is 24.4 Å². The van der Waals surface area contributed by atoms with Gasteiger partial charge in [0.1, 0.15) is 11.7 Å². The molecule has 0 unspecified atom stereocenters. The number of amides is 1. The lowest BCUT2D eigenvalue weighted by atomic mass is 9.97. The first-order valence-electron chi connectivity index (χ1n) is 11.4. The Morgan fingerprint density at radius 2 is 2.10 bits per heavy atom. The Morgan fingerprint density at radius 3 is 2.77 bits per heavy atom. The Balaban J connectivity index is 1.84. The summed E-state index contributed by atoms with van der Waals surface area (Å²) in [6.45, 7) is 9.82. The van der Waals surface area contributed by atoms with Gasteiger partial charge in [0.2, 0.25) is 5.88 Å². The molecule has 1 aromatic heterocycles. The summed E-state index contributed by atoms with van der Waals surface area (Å²) in [5.74, 6) is 0.977. The standard InChI is InChI=1S/C24H37N3O4/c1-5-6-20-11-21-23(25-12-20)31-22(15-26(4)14-19-7-9-30-10-8-19)17(2)13-27(24(21)29)18(3)16-28/h5-6,11-12,17-19,22,28H,7-10,13-16H2,1-4H3/b6-5+/t17-,18+,22-/m0/s1. The fourth-order valence-electron chi connectivity index (χ4n) is 4.37. The van der Waals surface area contributed by atoms with Gasteiger partial charge in [-0.25, -0.2) is 4.98 Å². The van der Waals surface area contributed by atoms with Gasteiger partial charge in [-0.3, -0.25) is 4.79 Å². The van der Waals surface area contributed by atoms with Gasteiger partial charge in [-0.15, -0.1) is 0 Å². The summed E-state index contributed by atoms with van der Waals surface area (Å²) < 4.78 is 11.8. The molecule has 2 aliphatic rings. The number of fused-ring (bicyclic) bond motifs is 1. The number of allylic oxidation sites excluding steroid dienone is 1. The molecule has 0 aliphatic carbocycles. The molecule has 0 aromatic carbocycles. The highest BCUT2D eigenvalue weighted by Crippen LogP contribution is 2.28. The molecular formula is C24H37N3O4. The number of aliphatic hydroxyl groups is 1. The van der Waals surface area contributed by atoms with Crippen molar-refractivity contribution in [3.63, 3.8) is 0 Å². The summed E-state index contributed by atoms with van der Waals surface area (Å²) in [7, 11) is 2.13. The summed E-state index contributed by atoms with van der Waals surface area (Å²) in [5, 5.41) is 9.76. The predicted molar refractivity (Wildman–Crippen MR) is 121 cm³/mol.